The van der Waals surface area contributed by atoms with E-state index in [2.05, 4.69) is 0 Å². The molecule has 0 radical (unpaired) electrons. The summed E-state index contributed by atoms with van der Waals surface area (Å²) in [6.07, 6.45) is 0.585. The summed E-state index contributed by atoms with van der Waals surface area (Å²) >= 11 is 5.96. The summed E-state index contributed by atoms with van der Waals surface area (Å²) in [5.74, 6) is 0.403. The Balaban J connectivity index is 2.09. The summed E-state index contributed by atoms with van der Waals surface area (Å²) in [6, 6.07) is 4.88. The van der Waals surface area contributed by atoms with E-state index in [9.17, 15) is 13.2 Å². The van der Waals surface area contributed by atoms with Crippen LogP contribution in [-0.2, 0) is 10.0 Å². The fourth-order valence-electron chi connectivity index (χ4n) is 2.57. The first kappa shape index (κ1) is 18.0. The predicted molar refractivity (Wildman–Crippen MR) is 89.6 cm³/mol. The van der Waals surface area contributed by atoms with Crippen molar-refractivity contribution in [1.82, 2.24) is 9.21 Å². The largest absolute Gasteiger partial charge is 0.496 e. The highest BCUT2D eigenvalue weighted by Crippen LogP contribution is 2.24. The number of halogens is 1. The second-order valence-corrected chi connectivity index (χ2v) is 7.88. The quantitative estimate of drug-likeness (QED) is 0.803. The summed E-state index contributed by atoms with van der Waals surface area (Å²) < 4.78 is 30.8. The first-order valence-corrected chi connectivity index (χ1v) is 9.48. The Morgan fingerprint density at radius 2 is 1.91 bits per heavy atom. The Morgan fingerprint density at radius 1 is 1.26 bits per heavy atom. The highest BCUT2D eigenvalue weighted by molar-refractivity contribution is 7.89. The van der Waals surface area contributed by atoms with Gasteiger partial charge in [-0.25, -0.2) is 8.42 Å². The van der Waals surface area contributed by atoms with Crippen LogP contribution in [0.3, 0.4) is 0 Å². The zero-order chi connectivity index (χ0) is 17.0. The van der Waals surface area contributed by atoms with Crippen molar-refractivity contribution in [3.05, 3.63) is 28.8 Å². The van der Waals surface area contributed by atoms with Gasteiger partial charge in [0, 0.05) is 31.2 Å². The topological polar surface area (TPSA) is 66.9 Å². The van der Waals surface area contributed by atoms with Gasteiger partial charge in [0.1, 0.15) is 5.75 Å². The van der Waals surface area contributed by atoms with Gasteiger partial charge in [-0.05, 0) is 24.6 Å². The molecular formula is C15H21ClN2O4S. The van der Waals surface area contributed by atoms with Gasteiger partial charge in [-0.3, -0.25) is 4.79 Å². The molecule has 0 unspecified atom stereocenters. The number of sulfonamides is 1. The van der Waals surface area contributed by atoms with Gasteiger partial charge in [0.15, 0.2) is 0 Å². The average molecular weight is 361 g/mol. The molecule has 6 nitrogen and oxygen atoms in total. The summed E-state index contributed by atoms with van der Waals surface area (Å²) in [4.78, 5) is 14.3. The van der Waals surface area contributed by atoms with Crippen molar-refractivity contribution >= 4 is 27.5 Å². The molecular weight excluding hydrogens is 340 g/mol. The fraction of sp³-hybridized carbons (Fsp3) is 0.533. The zero-order valence-corrected chi connectivity index (χ0v) is 14.9. The van der Waals surface area contributed by atoms with Crippen molar-refractivity contribution in [2.75, 3.05) is 39.0 Å². The molecule has 1 amide bonds. The standard InChI is InChI=1S/C15H21ClN2O4S/c1-3-10-23(20,21)18-8-6-17(7-9-18)15(19)13-11-12(16)4-5-14(13)22-2/h4-5,11H,3,6-10H2,1-2H3. The average Bonchev–Trinajstić information content (AvgIpc) is 2.54. The summed E-state index contributed by atoms with van der Waals surface area (Å²) in [6.45, 7) is 3.19. The first-order chi connectivity index (χ1) is 10.9. The van der Waals surface area contributed by atoms with Gasteiger partial charge in [-0.15, -0.1) is 0 Å². The number of nitrogens with zero attached hydrogens (tertiary/aromatic N) is 2. The summed E-state index contributed by atoms with van der Waals surface area (Å²) in [5.41, 5.74) is 0.393. The Bertz CT molecular complexity index is 670. The van der Waals surface area contributed by atoms with Crippen LogP contribution in [-0.4, -0.2) is 62.6 Å². The summed E-state index contributed by atoms with van der Waals surface area (Å²) in [5, 5.41) is 0.457. The number of amides is 1. The molecule has 1 aliphatic heterocycles. The van der Waals surface area contributed by atoms with Crippen LogP contribution < -0.4 is 4.74 Å². The predicted octanol–water partition coefficient (Wildman–Crippen LogP) is 1.85. The second-order valence-electron chi connectivity index (χ2n) is 5.35. The van der Waals surface area contributed by atoms with Crippen LogP contribution in [0.5, 0.6) is 5.75 Å². The van der Waals surface area contributed by atoms with Crippen molar-refractivity contribution in [3.8, 4) is 5.75 Å². The lowest BCUT2D eigenvalue weighted by Gasteiger charge is -2.34. The number of carbonyl (C=O) groups excluding carboxylic acids is 1. The van der Waals surface area contributed by atoms with Crippen LogP contribution in [0, 0.1) is 0 Å². The van der Waals surface area contributed by atoms with E-state index in [1.165, 1.54) is 11.4 Å². The Labute approximate surface area is 142 Å². The van der Waals surface area contributed by atoms with Crippen LogP contribution in [0.15, 0.2) is 18.2 Å². The number of methoxy groups -OCH3 is 1. The molecule has 1 aromatic carbocycles. The third kappa shape index (κ3) is 4.16. The number of ether oxygens (including phenoxy) is 1. The molecule has 1 heterocycles. The van der Waals surface area contributed by atoms with E-state index in [0.29, 0.717) is 48.9 Å². The van der Waals surface area contributed by atoms with Gasteiger partial charge in [-0.2, -0.15) is 4.31 Å². The van der Waals surface area contributed by atoms with Crippen molar-refractivity contribution in [2.24, 2.45) is 0 Å². The van der Waals surface area contributed by atoms with Crippen LogP contribution in [0.1, 0.15) is 23.7 Å². The monoisotopic (exact) mass is 360 g/mol. The van der Waals surface area contributed by atoms with Crippen molar-refractivity contribution in [3.63, 3.8) is 0 Å². The smallest absolute Gasteiger partial charge is 0.257 e. The molecule has 0 saturated carbocycles. The maximum atomic E-state index is 12.6. The number of hydrogen-bond donors (Lipinski definition) is 0. The van der Waals surface area contributed by atoms with Gasteiger partial charge in [-0.1, -0.05) is 18.5 Å². The number of rotatable bonds is 5. The number of piperazine rings is 1. The molecule has 0 bridgehead atoms. The van der Waals surface area contributed by atoms with Gasteiger partial charge in [0.2, 0.25) is 10.0 Å². The molecule has 2 rings (SSSR count). The Kier molecular flexibility index (Phi) is 5.89. The maximum absolute atomic E-state index is 12.6. The molecule has 0 spiro atoms. The van der Waals surface area contributed by atoms with Gasteiger partial charge < -0.3 is 9.64 Å². The highest BCUT2D eigenvalue weighted by atomic mass is 35.5. The molecule has 8 heteroatoms. The van der Waals surface area contributed by atoms with Crippen LogP contribution in [0.2, 0.25) is 5.02 Å². The third-order valence-electron chi connectivity index (χ3n) is 3.77. The lowest BCUT2D eigenvalue weighted by atomic mass is 10.1. The second kappa shape index (κ2) is 7.51. The third-order valence-corrected chi connectivity index (χ3v) is 6.08. The minimum absolute atomic E-state index is 0.142. The van der Waals surface area contributed by atoms with E-state index in [4.69, 9.17) is 16.3 Å². The lowest BCUT2D eigenvalue weighted by molar-refractivity contribution is 0.0694. The molecule has 128 valence electrons. The van der Waals surface area contributed by atoms with Crippen molar-refractivity contribution in [1.29, 1.82) is 0 Å². The molecule has 23 heavy (non-hydrogen) atoms. The molecule has 1 aliphatic rings. The van der Waals surface area contributed by atoms with Crippen molar-refractivity contribution < 1.29 is 17.9 Å². The number of hydrogen-bond acceptors (Lipinski definition) is 4. The van der Waals surface area contributed by atoms with Crippen LogP contribution in [0.25, 0.3) is 0 Å². The number of carbonyl (C=O) groups is 1. The van der Waals surface area contributed by atoms with E-state index < -0.39 is 10.0 Å². The maximum Gasteiger partial charge on any atom is 0.257 e. The van der Waals surface area contributed by atoms with E-state index in [1.54, 1.807) is 23.1 Å². The minimum atomic E-state index is -3.22. The van der Waals surface area contributed by atoms with Crippen LogP contribution in [0.4, 0.5) is 0 Å². The van der Waals surface area contributed by atoms with E-state index >= 15 is 0 Å². The van der Waals surface area contributed by atoms with E-state index in [0.717, 1.165) is 0 Å². The molecule has 0 atom stereocenters. The van der Waals surface area contributed by atoms with E-state index in [1.807, 2.05) is 6.92 Å². The minimum Gasteiger partial charge on any atom is -0.496 e. The molecule has 1 aromatic rings. The molecule has 0 N–H and O–H groups in total. The molecule has 1 fully saturated rings. The Hall–Kier alpha value is -1.31. The van der Waals surface area contributed by atoms with Crippen molar-refractivity contribution in [2.45, 2.75) is 13.3 Å². The lowest BCUT2D eigenvalue weighted by Crippen LogP contribution is -2.51. The van der Waals surface area contributed by atoms with Crippen LogP contribution >= 0.6 is 11.6 Å². The zero-order valence-electron chi connectivity index (χ0n) is 13.3. The van der Waals surface area contributed by atoms with Gasteiger partial charge in [0.05, 0.1) is 18.4 Å². The molecule has 0 aromatic heterocycles. The van der Waals surface area contributed by atoms with Gasteiger partial charge >= 0.3 is 0 Å². The Morgan fingerprint density at radius 3 is 2.48 bits per heavy atom. The first-order valence-electron chi connectivity index (χ1n) is 7.49. The SMILES string of the molecule is CCCS(=O)(=O)N1CCN(C(=O)c2cc(Cl)ccc2OC)CC1. The van der Waals surface area contributed by atoms with Gasteiger partial charge in [0.25, 0.3) is 5.91 Å². The fourth-order valence-corrected chi connectivity index (χ4v) is 4.24. The molecule has 1 saturated heterocycles. The summed E-state index contributed by atoms with van der Waals surface area (Å²) in [7, 11) is -1.72. The normalized spacial score (nSPS) is 16.4. The number of benzene rings is 1. The molecule has 0 aliphatic carbocycles. The van der Waals surface area contributed by atoms with E-state index in [-0.39, 0.29) is 11.7 Å². The highest BCUT2D eigenvalue weighted by Gasteiger charge is 2.29.